The van der Waals surface area contributed by atoms with Gasteiger partial charge in [-0.2, -0.15) is 0 Å². The van der Waals surface area contributed by atoms with E-state index in [0.717, 1.165) is 32.3 Å². The summed E-state index contributed by atoms with van der Waals surface area (Å²) in [4.78, 5) is 0. The molecular formula is C28H46O4. The summed E-state index contributed by atoms with van der Waals surface area (Å²) in [5, 5.41) is 22.3. The van der Waals surface area contributed by atoms with Crippen LogP contribution in [0.3, 0.4) is 0 Å². The van der Waals surface area contributed by atoms with Gasteiger partial charge in [0, 0.05) is 18.8 Å². The molecule has 6 rings (SSSR count). The van der Waals surface area contributed by atoms with E-state index in [1.807, 2.05) is 0 Å². The Balaban J connectivity index is 1.30. The van der Waals surface area contributed by atoms with E-state index in [4.69, 9.17) is 9.47 Å². The molecule has 32 heavy (non-hydrogen) atoms. The molecule has 4 nitrogen and oxygen atoms in total. The van der Waals surface area contributed by atoms with Gasteiger partial charge in [0.05, 0.1) is 24.4 Å². The third kappa shape index (κ3) is 2.65. The van der Waals surface area contributed by atoms with E-state index in [0.29, 0.717) is 53.4 Å². The summed E-state index contributed by atoms with van der Waals surface area (Å²) in [6, 6.07) is 0. The molecule has 2 saturated heterocycles. The minimum Gasteiger partial charge on any atom is -0.393 e. The Morgan fingerprint density at radius 2 is 1.69 bits per heavy atom. The molecule has 4 saturated carbocycles. The molecule has 0 aromatic rings. The fraction of sp³-hybridized carbons (Fsp3) is 1.00. The lowest BCUT2D eigenvalue weighted by Gasteiger charge is -2.66. The van der Waals surface area contributed by atoms with E-state index in [-0.39, 0.29) is 23.2 Å². The number of hydrogen-bond acceptors (Lipinski definition) is 4. The topological polar surface area (TPSA) is 58.9 Å². The lowest BCUT2D eigenvalue weighted by atomic mass is 9.41. The second-order valence-electron chi connectivity index (χ2n) is 13.8. The van der Waals surface area contributed by atoms with Gasteiger partial charge in [0.25, 0.3) is 0 Å². The van der Waals surface area contributed by atoms with Gasteiger partial charge in [0.2, 0.25) is 0 Å². The lowest BCUT2D eigenvalue weighted by molar-refractivity contribution is -0.276. The molecule has 0 radical (unpaired) electrons. The second kappa shape index (κ2) is 6.95. The van der Waals surface area contributed by atoms with Crippen LogP contribution < -0.4 is 0 Å². The minimum absolute atomic E-state index is 0.0656. The molecule has 2 heterocycles. The van der Waals surface area contributed by atoms with Crippen LogP contribution in [0.25, 0.3) is 0 Å². The van der Waals surface area contributed by atoms with Gasteiger partial charge in [-0.3, -0.25) is 0 Å². The highest BCUT2D eigenvalue weighted by Crippen LogP contribution is 2.72. The van der Waals surface area contributed by atoms with Gasteiger partial charge in [-0.1, -0.05) is 34.6 Å². The molecule has 6 aliphatic rings. The fourth-order valence-corrected chi connectivity index (χ4v) is 10.7. The van der Waals surface area contributed by atoms with Crippen LogP contribution in [0.15, 0.2) is 0 Å². The van der Waals surface area contributed by atoms with Crippen LogP contribution in [0.4, 0.5) is 0 Å². The number of fused-ring (bicyclic) bond motifs is 7. The van der Waals surface area contributed by atoms with E-state index in [2.05, 4.69) is 34.6 Å². The predicted molar refractivity (Wildman–Crippen MR) is 124 cm³/mol. The SMILES string of the molecule is CC1CCC2(OC1)O[C@H]1CC3C4C[C@@H](C)[C@]5(O)C[C@@H](O)CC[C@]5(C)C4CC[C@]3(C)C1C2C. The Kier molecular flexibility index (Phi) is 4.85. The standard InChI is InChI=1S/C28H46O4/c1-16-6-11-28(31-15-16)18(3)24-23(32-28)13-22-20-12-17(2)27(30)14-19(29)7-10-26(27,5)21(20)8-9-25(22,24)4/h16-24,29-30H,6-15H2,1-5H3/t16?,17-,18?,19+,20?,21?,22?,23+,24?,25+,26-,27-,28?/m1/s1. The molecule has 0 aromatic heterocycles. The summed E-state index contributed by atoms with van der Waals surface area (Å²) in [6.45, 7) is 12.8. The summed E-state index contributed by atoms with van der Waals surface area (Å²) in [5.41, 5.74) is -0.459. The first kappa shape index (κ1) is 22.3. The molecule has 4 aliphatic carbocycles. The number of aliphatic hydroxyl groups is 2. The summed E-state index contributed by atoms with van der Waals surface area (Å²) in [7, 11) is 0. The summed E-state index contributed by atoms with van der Waals surface area (Å²) >= 11 is 0. The Morgan fingerprint density at radius 1 is 0.906 bits per heavy atom. The molecule has 13 atom stereocenters. The van der Waals surface area contributed by atoms with Crippen LogP contribution in [0.2, 0.25) is 0 Å². The first-order valence-electron chi connectivity index (χ1n) is 13.8. The van der Waals surface area contributed by atoms with E-state index in [9.17, 15) is 10.2 Å². The monoisotopic (exact) mass is 446 g/mol. The zero-order valence-corrected chi connectivity index (χ0v) is 21.0. The summed E-state index contributed by atoms with van der Waals surface area (Å²) < 4.78 is 13.4. The van der Waals surface area contributed by atoms with Crippen LogP contribution in [-0.4, -0.2) is 40.4 Å². The molecule has 0 amide bonds. The van der Waals surface area contributed by atoms with E-state index >= 15 is 0 Å². The van der Waals surface area contributed by atoms with Crippen LogP contribution in [-0.2, 0) is 9.47 Å². The van der Waals surface area contributed by atoms with Crippen molar-refractivity contribution in [3.8, 4) is 0 Å². The van der Waals surface area contributed by atoms with Crippen molar-refractivity contribution in [3.05, 3.63) is 0 Å². The van der Waals surface area contributed by atoms with Gasteiger partial charge in [0.15, 0.2) is 5.79 Å². The summed E-state index contributed by atoms with van der Waals surface area (Å²) in [6.07, 6.45) is 9.42. The Bertz CT molecular complexity index is 761. The van der Waals surface area contributed by atoms with Gasteiger partial charge >= 0.3 is 0 Å². The normalized spacial score (nSPS) is 64.0. The molecule has 2 aliphatic heterocycles. The first-order valence-corrected chi connectivity index (χ1v) is 13.8. The smallest absolute Gasteiger partial charge is 0.171 e. The number of rotatable bonds is 0. The zero-order valence-electron chi connectivity index (χ0n) is 21.0. The molecule has 1 spiro atoms. The van der Waals surface area contributed by atoms with E-state index in [1.165, 1.54) is 25.7 Å². The van der Waals surface area contributed by atoms with Crippen molar-refractivity contribution >= 4 is 0 Å². The maximum Gasteiger partial charge on any atom is 0.171 e. The van der Waals surface area contributed by atoms with Crippen molar-refractivity contribution < 1.29 is 19.7 Å². The molecule has 6 fully saturated rings. The van der Waals surface area contributed by atoms with Crippen LogP contribution >= 0.6 is 0 Å². The second-order valence-corrected chi connectivity index (χ2v) is 13.8. The molecular weight excluding hydrogens is 400 g/mol. The minimum atomic E-state index is -0.714. The van der Waals surface area contributed by atoms with Crippen molar-refractivity contribution in [2.45, 2.75) is 116 Å². The van der Waals surface area contributed by atoms with Crippen LogP contribution in [0.5, 0.6) is 0 Å². The lowest BCUT2D eigenvalue weighted by Crippen LogP contribution is -2.66. The van der Waals surface area contributed by atoms with Crippen molar-refractivity contribution in [3.63, 3.8) is 0 Å². The predicted octanol–water partition coefficient (Wildman–Crippen LogP) is 5.15. The molecule has 0 bridgehead atoms. The van der Waals surface area contributed by atoms with E-state index in [1.54, 1.807) is 0 Å². The molecule has 4 heteroatoms. The molecule has 2 N–H and O–H groups in total. The highest BCUT2D eigenvalue weighted by atomic mass is 16.7. The Labute approximate surface area is 194 Å². The first-order chi connectivity index (χ1) is 15.0. The van der Waals surface area contributed by atoms with Crippen molar-refractivity contribution in [2.75, 3.05) is 6.61 Å². The Hall–Kier alpha value is -0.160. The number of ether oxygens (including phenoxy) is 2. The van der Waals surface area contributed by atoms with Crippen molar-refractivity contribution in [1.82, 2.24) is 0 Å². The largest absolute Gasteiger partial charge is 0.393 e. The third-order valence-electron chi connectivity index (χ3n) is 12.5. The van der Waals surface area contributed by atoms with Crippen molar-refractivity contribution in [2.24, 2.45) is 52.3 Å². The van der Waals surface area contributed by atoms with Crippen LogP contribution in [0.1, 0.15) is 92.4 Å². The maximum absolute atomic E-state index is 11.9. The highest BCUT2D eigenvalue weighted by molar-refractivity contribution is 5.19. The number of hydrogen-bond donors (Lipinski definition) is 2. The van der Waals surface area contributed by atoms with Gasteiger partial charge in [0.1, 0.15) is 0 Å². The van der Waals surface area contributed by atoms with Gasteiger partial charge in [-0.05, 0) is 91.3 Å². The van der Waals surface area contributed by atoms with Crippen molar-refractivity contribution in [1.29, 1.82) is 0 Å². The fourth-order valence-electron chi connectivity index (χ4n) is 10.7. The van der Waals surface area contributed by atoms with Gasteiger partial charge in [-0.25, -0.2) is 0 Å². The third-order valence-corrected chi connectivity index (χ3v) is 12.5. The molecule has 182 valence electrons. The van der Waals surface area contributed by atoms with Gasteiger partial charge in [-0.15, -0.1) is 0 Å². The number of aliphatic hydroxyl groups excluding tert-OH is 1. The van der Waals surface area contributed by atoms with Gasteiger partial charge < -0.3 is 19.7 Å². The maximum atomic E-state index is 11.9. The average molecular weight is 447 g/mol. The van der Waals surface area contributed by atoms with E-state index < -0.39 is 5.60 Å². The van der Waals surface area contributed by atoms with Crippen LogP contribution in [0, 0.1) is 52.3 Å². The Morgan fingerprint density at radius 3 is 2.41 bits per heavy atom. The quantitative estimate of drug-likeness (QED) is 0.540. The zero-order chi connectivity index (χ0) is 22.7. The molecule has 7 unspecified atom stereocenters. The summed E-state index contributed by atoms with van der Waals surface area (Å²) in [5.74, 6) is 3.56. The average Bonchev–Trinajstić information content (AvgIpc) is 3.18. The molecule has 0 aromatic carbocycles. The highest BCUT2D eigenvalue weighted by Gasteiger charge is 2.71.